The van der Waals surface area contributed by atoms with Crippen molar-refractivity contribution in [2.45, 2.75) is 32.9 Å². The van der Waals surface area contributed by atoms with Gasteiger partial charge in [-0.25, -0.2) is 0 Å². The van der Waals surface area contributed by atoms with Crippen LogP contribution in [0.4, 0.5) is 5.13 Å². The molecule has 0 amide bonds. The summed E-state index contributed by atoms with van der Waals surface area (Å²) in [5.41, 5.74) is 4.01. The molecule has 0 bridgehead atoms. The molecule has 0 aliphatic carbocycles. The minimum absolute atomic E-state index is 0.242. The van der Waals surface area contributed by atoms with Gasteiger partial charge in [-0.15, -0.1) is 10.2 Å². The van der Waals surface area contributed by atoms with Gasteiger partial charge in [-0.2, -0.15) is 0 Å². The van der Waals surface area contributed by atoms with Crippen LogP contribution in [-0.4, -0.2) is 22.9 Å². The second-order valence-corrected chi connectivity index (χ2v) is 5.56. The van der Waals surface area contributed by atoms with Crippen molar-refractivity contribution in [3.8, 4) is 11.5 Å². The Balaban J connectivity index is 1.82. The minimum Gasteiger partial charge on any atom is -0.494 e. The van der Waals surface area contributed by atoms with E-state index in [0.29, 0.717) is 13.2 Å². The molecule has 0 spiro atoms. The molecule has 1 aromatic carbocycles. The summed E-state index contributed by atoms with van der Waals surface area (Å²) in [5.74, 6) is 1.89. The van der Waals surface area contributed by atoms with Crippen LogP contribution < -0.4 is 14.8 Å². The van der Waals surface area contributed by atoms with Crippen LogP contribution >= 0.6 is 11.3 Å². The number of aromatic nitrogens is 2. The number of rotatable bonds is 5. The van der Waals surface area contributed by atoms with Gasteiger partial charge in [-0.1, -0.05) is 11.3 Å². The third-order valence-electron chi connectivity index (χ3n) is 3.17. The first kappa shape index (κ1) is 13.2. The van der Waals surface area contributed by atoms with Crippen LogP contribution in [0.25, 0.3) is 0 Å². The summed E-state index contributed by atoms with van der Waals surface area (Å²) in [6.45, 7) is 5.38. The van der Waals surface area contributed by atoms with Gasteiger partial charge in [0.05, 0.1) is 6.61 Å². The van der Waals surface area contributed by atoms with Gasteiger partial charge >= 0.3 is 0 Å². The van der Waals surface area contributed by atoms with E-state index in [2.05, 4.69) is 34.6 Å². The number of hydrogen-bond donors (Lipinski definition) is 1. The summed E-state index contributed by atoms with van der Waals surface area (Å²) >= 11 is 1.48. The van der Waals surface area contributed by atoms with E-state index in [4.69, 9.17) is 9.47 Å². The number of ether oxygens (including phenoxy) is 2. The maximum atomic E-state index is 5.81. The number of nitrogens with one attached hydrogen (secondary N) is 1. The summed E-state index contributed by atoms with van der Waals surface area (Å²) in [4.78, 5) is 0. The highest BCUT2D eigenvalue weighted by atomic mass is 32.1. The first-order chi connectivity index (χ1) is 9.76. The highest BCUT2D eigenvalue weighted by Gasteiger charge is 2.21. The van der Waals surface area contributed by atoms with Gasteiger partial charge in [0.1, 0.15) is 23.1 Å². The Bertz CT molecular complexity index is 586. The predicted octanol–water partition coefficient (Wildman–Crippen LogP) is 2.87. The molecule has 0 fully saturated rings. The van der Waals surface area contributed by atoms with Crippen molar-refractivity contribution in [3.63, 3.8) is 0 Å². The lowest BCUT2D eigenvalue weighted by molar-refractivity contribution is 0.254. The normalized spacial score (nSPS) is 16.6. The van der Waals surface area contributed by atoms with Gasteiger partial charge in [0.2, 0.25) is 5.13 Å². The number of nitrogens with zero attached hydrogens (tertiary/aromatic N) is 2. The second kappa shape index (κ2) is 5.66. The lowest BCUT2D eigenvalue weighted by Crippen LogP contribution is -2.05. The zero-order valence-electron chi connectivity index (χ0n) is 11.5. The number of hydrogen-bond acceptors (Lipinski definition) is 6. The topological polar surface area (TPSA) is 56.3 Å². The number of benzene rings is 1. The van der Waals surface area contributed by atoms with Crippen molar-refractivity contribution in [2.24, 2.45) is 0 Å². The molecule has 0 saturated carbocycles. The van der Waals surface area contributed by atoms with Gasteiger partial charge < -0.3 is 14.8 Å². The Hall–Kier alpha value is -1.82. The van der Waals surface area contributed by atoms with E-state index in [1.807, 2.05) is 6.92 Å². The maximum Gasteiger partial charge on any atom is 0.205 e. The second-order valence-electron chi connectivity index (χ2n) is 4.73. The van der Waals surface area contributed by atoms with E-state index < -0.39 is 0 Å². The van der Waals surface area contributed by atoms with Crippen LogP contribution in [0.15, 0.2) is 17.6 Å². The number of anilines is 1. The van der Waals surface area contributed by atoms with Crippen LogP contribution in [0.2, 0.25) is 0 Å². The zero-order valence-corrected chi connectivity index (χ0v) is 12.4. The molecule has 0 radical (unpaired) electrons. The fourth-order valence-corrected chi connectivity index (χ4v) is 2.77. The minimum atomic E-state index is 0.242. The third kappa shape index (κ3) is 2.70. The molecule has 5 nitrogen and oxygen atoms in total. The SMILES string of the molecule is CCOc1cc2c(cc1CNc1nncs1)OC(C)C2. The zero-order chi connectivity index (χ0) is 13.9. The summed E-state index contributed by atoms with van der Waals surface area (Å²) in [5, 5.41) is 11.8. The van der Waals surface area contributed by atoms with Crippen molar-refractivity contribution in [2.75, 3.05) is 11.9 Å². The fraction of sp³-hybridized carbons (Fsp3) is 0.429. The Morgan fingerprint density at radius 3 is 3.15 bits per heavy atom. The molecule has 1 aliphatic rings. The molecule has 106 valence electrons. The molecule has 3 rings (SSSR count). The van der Waals surface area contributed by atoms with Gasteiger partial charge in [0, 0.05) is 24.1 Å². The molecule has 2 aromatic rings. The predicted molar refractivity (Wildman–Crippen MR) is 78.6 cm³/mol. The molecule has 6 heteroatoms. The highest BCUT2D eigenvalue weighted by molar-refractivity contribution is 7.13. The van der Waals surface area contributed by atoms with Crippen molar-refractivity contribution < 1.29 is 9.47 Å². The first-order valence-corrected chi connectivity index (χ1v) is 7.59. The lowest BCUT2D eigenvalue weighted by Gasteiger charge is -2.12. The molecule has 1 aromatic heterocycles. The Kier molecular flexibility index (Phi) is 3.73. The molecule has 1 aliphatic heterocycles. The van der Waals surface area contributed by atoms with Crippen LogP contribution in [0, 0.1) is 0 Å². The summed E-state index contributed by atoms with van der Waals surface area (Å²) in [7, 11) is 0. The molecule has 2 heterocycles. The van der Waals surface area contributed by atoms with E-state index in [-0.39, 0.29) is 6.10 Å². The van der Waals surface area contributed by atoms with Crippen molar-refractivity contribution in [1.29, 1.82) is 0 Å². The Morgan fingerprint density at radius 1 is 1.50 bits per heavy atom. The first-order valence-electron chi connectivity index (χ1n) is 6.71. The summed E-state index contributed by atoms with van der Waals surface area (Å²) in [6, 6.07) is 4.16. The van der Waals surface area contributed by atoms with Crippen LogP contribution in [0.1, 0.15) is 25.0 Å². The van der Waals surface area contributed by atoms with E-state index in [9.17, 15) is 0 Å². The van der Waals surface area contributed by atoms with Gasteiger partial charge in [0.15, 0.2) is 0 Å². The van der Waals surface area contributed by atoms with Crippen LogP contribution in [0.3, 0.4) is 0 Å². The smallest absolute Gasteiger partial charge is 0.205 e. The third-order valence-corrected chi connectivity index (χ3v) is 3.82. The summed E-state index contributed by atoms with van der Waals surface area (Å²) < 4.78 is 11.5. The Labute approximate surface area is 121 Å². The fourth-order valence-electron chi connectivity index (χ4n) is 2.33. The van der Waals surface area contributed by atoms with Gasteiger partial charge in [0.25, 0.3) is 0 Å². The van der Waals surface area contributed by atoms with Crippen LogP contribution in [0.5, 0.6) is 11.5 Å². The monoisotopic (exact) mass is 291 g/mol. The standard InChI is InChI=1S/C14H17N3O2S/c1-3-18-12-5-10-4-9(2)19-13(10)6-11(12)7-15-14-17-16-8-20-14/h5-6,8-9H,3-4,7H2,1-2H3,(H,15,17). The molecule has 1 unspecified atom stereocenters. The molecular weight excluding hydrogens is 274 g/mol. The quantitative estimate of drug-likeness (QED) is 0.918. The van der Waals surface area contributed by atoms with E-state index in [0.717, 1.165) is 28.6 Å². The molecule has 1 atom stereocenters. The van der Waals surface area contributed by atoms with Crippen LogP contribution in [-0.2, 0) is 13.0 Å². The molecule has 20 heavy (non-hydrogen) atoms. The van der Waals surface area contributed by atoms with E-state index in [1.54, 1.807) is 5.51 Å². The molecule has 1 N–H and O–H groups in total. The average molecular weight is 291 g/mol. The maximum absolute atomic E-state index is 5.81. The highest BCUT2D eigenvalue weighted by Crippen LogP contribution is 2.35. The van der Waals surface area contributed by atoms with Gasteiger partial charge in [-0.05, 0) is 26.0 Å². The van der Waals surface area contributed by atoms with Crippen molar-refractivity contribution in [3.05, 3.63) is 28.8 Å². The Morgan fingerprint density at radius 2 is 2.40 bits per heavy atom. The molecule has 0 saturated heterocycles. The van der Waals surface area contributed by atoms with E-state index in [1.165, 1.54) is 16.9 Å². The van der Waals surface area contributed by atoms with Crippen molar-refractivity contribution in [1.82, 2.24) is 10.2 Å². The summed E-state index contributed by atoms with van der Waals surface area (Å²) in [6.07, 6.45) is 1.19. The lowest BCUT2D eigenvalue weighted by atomic mass is 10.1. The largest absolute Gasteiger partial charge is 0.494 e. The van der Waals surface area contributed by atoms with E-state index >= 15 is 0 Å². The average Bonchev–Trinajstić information content (AvgIpc) is 3.04. The van der Waals surface area contributed by atoms with Gasteiger partial charge in [-0.3, -0.25) is 0 Å². The van der Waals surface area contributed by atoms with Crippen molar-refractivity contribution >= 4 is 16.5 Å². The molecular formula is C14H17N3O2S. The number of fused-ring (bicyclic) bond motifs is 1.